The van der Waals surface area contributed by atoms with Crippen LogP contribution in [0.25, 0.3) is 0 Å². The first-order valence-electron chi connectivity index (χ1n) is 6.42. The van der Waals surface area contributed by atoms with Crippen molar-refractivity contribution >= 4 is 0 Å². The fourth-order valence-electron chi connectivity index (χ4n) is 2.50. The van der Waals surface area contributed by atoms with Crippen LogP contribution >= 0.6 is 0 Å². The standard InChI is InChI=1S/C14H22N2O/c1-17-14-9-5-2-6-11(14)10-16-13-8-4-3-7-12(13)15/h2,5-6,9,12-13,16H,3-4,7-8,10,15H2,1H3. The van der Waals surface area contributed by atoms with Gasteiger partial charge in [-0.1, -0.05) is 31.0 Å². The lowest BCUT2D eigenvalue weighted by molar-refractivity contribution is 0.324. The Hall–Kier alpha value is -1.06. The molecule has 1 saturated carbocycles. The van der Waals surface area contributed by atoms with Crippen molar-refractivity contribution in [3.05, 3.63) is 29.8 Å². The van der Waals surface area contributed by atoms with Gasteiger partial charge in [0.05, 0.1) is 7.11 Å². The van der Waals surface area contributed by atoms with Crippen molar-refractivity contribution in [1.29, 1.82) is 0 Å². The van der Waals surface area contributed by atoms with Gasteiger partial charge in [-0.25, -0.2) is 0 Å². The summed E-state index contributed by atoms with van der Waals surface area (Å²) in [4.78, 5) is 0. The predicted molar refractivity (Wildman–Crippen MR) is 70.1 cm³/mol. The smallest absolute Gasteiger partial charge is 0.123 e. The molecule has 0 amide bonds. The van der Waals surface area contributed by atoms with E-state index in [0.29, 0.717) is 12.1 Å². The van der Waals surface area contributed by atoms with E-state index in [1.165, 1.54) is 24.8 Å². The van der Waals surface area contributed by atoms with Crippen LogP contribution in [-0.2, 0) is 6.54 Å². The molecule has 1 aromatic rings. The van der Waals surface area contributed by atoms with Gasteiger partial charge in [0.2, 0.25) is 0 Å². The number of benzene rings is 1. The molecule has 0 bridgehead atoms. The topological polar surface area (TPSA) is 47.3 Å². The molecule has 2 unspecified atom stereocenters. The highest BCUT2D eigenvalue weighted by atomic mass is 16.5. The third-order valence-electron chi connectivity index (χ3n) is 3.57. The van der Waals surface area contributed by atoms with Crippen LogP contribution in [-0.4, -0.2) is 19.2 Å². The van der Waals surface area contributed by atoms with Crippen molar-refractivity contribution < 1.29 is 4.74 Å². The lowest BCUT2D eigenvalue weighted by Gasteiger charge is -2.29. The zero-order chi connectivity index (χ0) is 12.1. The van der Waals surface area contributed by atoms with Gasteiger partial charge in [0, 0.05) is 24.2 Å². The quantitative estimate of drug-likeness (QED) is 0.838. The molecule has 0 aromatic heterocycles. The van der Waals surface area contributed by atoms with Crippen molar-refractivity contribution in [3.8, 4) is 5.75 Å². The molecule has 0 saturated heterocycles. The van der Waals surface area contributed by atoms with E-state index in [4.69, 9.17) is 10.5 Å². The van der Waals surface area contributed by atoms with Crippen LogP contribution in [0.15, 0.2) is 24.3 Å². The highest BCUT2D eigenvalue weighted by Crippen LogP contribution is 2.20. The Balaban J connectivity index is 1.92. The Kier molecular flexibility index (Phi) is 4.40. The second kappa shape index (κ2) is 6.03. The summed E-state index contributed by atoms with van der Waals surface area (Å²) in [6, 6.07) is 8.89. The van der Waals surface area contributed by atoms with Gasteiger partial charge in [0.1, 0.15) is 5.75 Å². The highest BCUT2D eigenvalue weighted by Gasteiger charge is 2.21. The summed E-state index contributed by atoms with van der Waals surface area (Å²) in [5, 5.41) is 3.56. The second-order valence-corrected chi connectivity index (χ2v) is 4.75. The first-order valence-corrected chi connectivity index (χ1v) is 6.42. The summed E-state index contributed by atoms with van der Waals surface area (Å²) < 4.78 is 5.34. The molecular formula is C14H22N2O. The summed E-state index contributed by atoms with van der Waals surface area (Å²) >= 11 is 0. The average Bonchev–Trinajstić information content (AvgIpc) is 2.38. The second-order valence-electron chi connectivity index (χ2n) is 4.75. The molecule has 0 spiro atoms. The van der Waals surface area contributed by atoms with E-state index in [0.717, 1.165) is 18.7 Å². The van der Waals surface area contributed by atoms with Crippen LogP contribution in [0, 0.1) is 0 Å². The largest absolute Gasteiger partial charge is 0.496 e. The number of nitrogens with two attached hydrogens (primary N) is 1. The monoisotopic (exact) mass is 234 g/mol. The normalized spacial score (nSPS) is 24.6. The predicted octanol–water partition coefficient (Wildman–Crippen LogP) is 2.05. The maximum absolute atomic E-state index is 6.12. The molecular weight excluding hydrogens is 212 g/mol. The molecule has 1 aliphatic rings. The Morgan fingerprint density at radius 3 is 2.82 bits per heavy atom. The molecule has 2 rings (SSSR count). The number of ether oxygens (including phenoxy) is 1. The fourth-order valence-corrected chi connectivity index (χ4v) is 2.50. The van der Waals surface area contributed by atoms with Crippen molar-refractivity contribution in [2.45, 2.75) is 44.3 Å². The molecule has 3 heteroatoms. The number of hydrogen-bond acceptors (Lipinski definition) is 3. The summed E-state index contributed by atoms with van der Waals surface area (Å²) in [6.07, 6.45) is 4.89. The number of hydrogen-bond donors (Lipinski definition) is 2. The Bertz CT molecular complexity index is 354. The van der Waals surface area contributed by atoms with E-state index in [2.05, 4.69) is 11.4 Å². The van der Waals surface area contributed by atoms with Crippen LogP contribution in [0.3, 0.4) is 0 Å². The van der Waals surface area contributed by atoms with E-state index in [1.807, 2.05) is 18.2 Å². The van der Waals surface area contributed by atoms with E-state index in [-0.39, 0.29) is 0 Å². The van der Waals surface area contributed by atoms with E-state index in [9.17, 15) is 0 Å². The Morgan fingerprint density at radius 2 is 2.06 bits per heavy atom. The molecule has 1 aliphatic carbocycles. The van der Waals surface area contributed by atoms with Gasteiger partial charge in [-0.3, -0.25) is 0 Å². The molecule has 0 aliphatic heterocycles. The van der Waals surface area contributed by atoms with Crippen molar-refractivity contribution in [3.63, 3.8) is 0 Å². The van der Waals surface area contributed by atoms with Crippen molar-refractivity contribution in [1.82, 2.24) is 5.32 Å². The number of methoxy groups -OCH3 is 1. The van der Waals surface area contributed by atoms with Crippen LogP contribution in [0.5, 0.6) is 5.75 Å². The molecule has 3 N–H and O–H groups in total. The lowest BCUT2D eigenvalue weighted by atomic mass is 9.91. The number of nitrogens with one attached hydrogen (secondary N) is 1. The van der Waals surface area contributed by atoms with Gasteiger partial charge >= 0.3 is 0 Å². The summed E-state index contributed by atoms with van der Waals surface area (Å²) in [5.41, 5.74) is 7.32. The summed E-state index contributed by atoms with van der Waals surface area (Å²) in [6.45, 7) is 0.836. The Labute approximate surface area is 103 Å². The first-order chi connectivity index (χ1) is 8.31. The SMILES string of the molecule is COc1ccccc1CNC1CCCCC1N. The van der Waals surface area contributed by atoms with Crippen molar-refractivity contribution in [2.75, 3.05) is 7.11 Å². The summed E-state index contributed by atoms with van der Waals surface area (Å²) in [7, 11) is 1.71. The molecule has 0 heterocycles. The van der Waals surface area contributed by atoms with Gasteiger partial charge in [-0.15, -0.1) is 0 Å². The number of para-hydroxylation sites is 1. The van der Waals surface area contributed by atoms with Crippen LogP contribution < -0.4 is 15.8 Å². The van der Waals surface area contributed by atoms with Gasteiger partial charge in [-0.05, 0) is 18.9 Å². The van der Waals surface area contributed by atoms with Gasteiger partial charge in [0.15, 0.2) is 0 Å². The third-order valence-corrected chi connectivity index (χ3v) is 3.57. The maximum Gasteiger partial charge on any atom is 0.123 e. The molecule has 3 nitrogen and oxygen atoms in total. The van der Waals surface area contributed by atoms with Gasteiger partial charge in [0.25, 0.3) is 0 Å². The molecule has 1 aromatic carbocycles. The minimum Gasteiger partial charge on any atom is -0.496 e. The van der Waals surface area contributed by atoms with Gasteiger partial charge < -0.3 is 15.8 Å². The van der Waals surface area contributed by atoms with E-state index >= 15 is 0 Å². The van der Waals surface area contributed by atoms with Gasteiger partial charge in [-0.2, -0.15) is 0 Å². The lowest BCUT2D eigenvalue weighted by Crippen LogP contribution is -2.46. The third kappa shape index (κ3) is 3.20. The first kappa shape index (κ1) is 12.4. The van der Waals surface area contributed by atoms with Crippen LogP contribution in [0.4, 0.5) is 0 Å². The Morgan fingerprint density at radius 1 is 1.29 bits per heavy atom. The fraction of sp³-hybridized carbons (Fsp3) is 0.571. The zero-order valence-corrected chi connectivity index (χ0v) is 10.5. The molecule has 0 radical (unpaired) electrons. The minimum atomic E-state index is 0.304. The number of rotatable bonds is 4. The van der Waals surface area contributed by atoms with Crippen LogP contribution in [0.2, 0.25) is 0 Å². The molecule has 17 heavy (non-hydrogen) atoms. The summed E-state index contributed by atoms with van der Waals surface area (Å²) in [5.74, 6) is 0.949. The highest BCUT2D eigenvalue weighted by molar-refractivity contribution is 5.33. The molecule has 94 valence electrons. The maximum atomic E-state index is 6.12. The minimum absolute atomic E-state index is 0.304. The zero-order valence-electron chi connectivity index (χ0n) is 10.5. The van der Waals surface area contributed by atoms with Crippen LogP contribution in [0.1, 0.15) is 31.2 Å². The van der Waals surface area contributed by atoms with E-state index < -0.39 is 0 Å². The molecule has 1 fully saturated rings. The van der Waals surface area contributed by atoms with Crippen molar-refractivity contribution in [2.24, 2.45) is 5.73 Å². The molecule has 2 atom stereocenters. The average molecular weight is 234 g/mol. The van der Waals surface area contributed by atoms with E-state index in [1.54, 1.807) is 7.11 Å².